The standard InChI is InChI=1S/C21H35N3O6/c1-7-9-11-29-17(27)23-15(25)21(22-16(23)26)13-19(3,4)24(20(5,6)14-21)18(28)30-12-10-8-2/h7-14H2,1-6H3,(H,22,26). The van der Waals surface area contributed by atoms with Crippen LogP contribution in [0.15, 0.2) is 0 Å². The molecular formula is C21H35N3O6. The average Bonchev–Trinajstić information content (AvgIpc) is 2.82. The molecule has 30 heavy (non-hydrogen) atoms. The first kappa shape index (κ1) is 24.0. The third-order valence-electron chi connectivity index (χ3n) is 5.65. The number of likely N-dealkylation sites (tertiary alicyclic amines) is 1. The number of rotatable bonds is 6. The van der Waals surface area contributed by atoms with E-state index in [2.05, 4.69) is 5.32 Å². The molecule has 2 heterocycles. The van der Waals surface area contributed by atoms with E-state index in [4.69, 9.17) is 9.47 Å². The van der Waals surface area contributed by atoms with Gasteiger partial charge in [-0.05, 0) is 40.5 Å². The van der Waals surface area contributed by atoms with Crippen LogP contribution in [0.1, 0.15) is 80.1 Å². The van der Waals surface area contributed by atoms with E-state index >= 15 is 0 Å². The Morgan fingerprint density at radius 1 is 0.900 bits per heavy atom. The Hall–Kier alpha value is -2.32. The van der Waals surface area contributed by atoms with Gasteiger partial charge in [0.25, 0.3) is 5.91 Å². The van der Waals surface area contributed by atoms with Gasteiger partial charge >= 0.3 is 18.2 Å². The molecule has 2 aliphatic rings. The Kier molecular flexibility index (Phi) is 7.04. The van der Waals surface area contributed by atoms with Crippen LogP contribution in [-0.2, 0) is 14.3 Å². The van der Waals surface area contributed by atoms with Crippen LogP contribution < -0.4 is 5.32 Å². The second kappa shape index (κ2) is 8.81. The summed E-state index contributed by atoms with van der Waals surface area (Å²) >= 11 is 0. The highest BCUT2D eigenvalue weighted by Gasteiger charge is 2.64. The lowest BCUT2D eigenvalue weighted by Gasteiger charge is -2.56. The molecule has 0 unspecified atom stereocenters. The maximum atomic E-state index is 13.2. The van der Waals surface area contributed by atoms with Crippen LogP contribution in [0.3, 0.4) is 0 Å². The van der Waals surface area contributed by atoms with Gasteiger partial charge in [-0.15, -0.1) is 0 Å². The molecule has 2 saturated heterocycles. The van der Waals surface area contributed by atoms with Gasteiger partial charge in [-0.2, -0.15) is 4.90 Å². The van der Waals surface area contributed by atoms with E-state index in [0.29, 0.717) is 17.9 Å². The number of imide groups is 3. The van der Waals surface area contributed by atoms with Crippen LogP contribution in [0.2, 0.25) is 0 Å². The normalized spacial score (nSPS) is 21.5. The molecule has 9 heteroatoms. The van der Waals surface area contributed by atoms with Crippen LogP contribution in [0.5, 0.6) is 0 Å². The lowest BCUT2D eigenvalue weighted by Crippen LogP contribution is -2.71. The Morgan fingerprint density at radius 2 is 1.37 bits per heavy atom. The Morgan fingerprint density at radius 3 is 1.83 bits per heavy atom. The topological polar surface area (TPSA) is 105 Å². The van der Waals surface area contributed by atoms with Crippen molar-refractivity contribution in [3.63, 3.8) is 0 Å². The van der Waals surface area contributed by atoms with Gasteiger partial charge in [-0.3, -0.25) is 9.69 Å². The molecule has 0 atom stereocenters. The summed E-state index contributed by atoms with van der Waals surface area (Å²) in [5, 5.41) is 2.72. The number of hydrogen-bond acceptors (Lipinski definition) is 6. The number of carbonyl (C=O) groups excluding carboxylic acids is 4. The zero-order chi connectivity index (χ0) is 22.7. The third kappa shape index (κ3) is 4.54. The lowest BCUT2D eigenvalue weighted by atomic mass is 9.69. The molecule has 1 N–H and O–H groups in total. The average molecular weight is 426 g/mol. The van der Waals surface area contributed by atoms with Crippen LogP contribution in [0, 0.1) is 0 Å². The monoisotopic (exact) mass is 425 g/mol. The molecule has 0 aromatic rings. The number of hydrogen-bond donors (Lipinski definition) is 1. The minimum absolute atomic E-state index is 0.147. The van der Waals surface area contributed by atoms with Crippen molar-refractivity contribution in [2.24, 2.45) is 0 Å². The van der Waals surface area contributed by atoms with Gasteiger partial charge in [0.2, 0.25) is 0 Å². The quantitative estimate of drug-likeness (QED) is 0.512. The predicted molar refractivity (Wildman–Crippen MR) is 110 cm³/mol. The molecule has 170 valence electrons. The first-order valence-electron chi connectivity index (χ1n) is 10.7. The maximum absolute atomic E-state index is 13.2. The maximum Gasteiger partial charge on any atom is 0.425 e. The zero-order valence-corrected chi connectivity index (χ0v) is 19.0. The van der Waals surface area contributed by atoms with Gasteiger partial charge in [-0.25, -0.2) is 14.4 Å². The van der Waals surface area contributed by atoms with E-state index in [1.165, 1.54) is 0 Å². The number of piperidine rings is 1. The summed E-state index contributed by atoms with van der Waals surface area (Å²) in [6.45, 7) is 11.8. The first-order valence-corrected chi connectivity index (χ1v) is 10.7. The molecular weight excluding hydrogens is 390 g/mol. The Bertz CT molecular complexity index is 685. The van der Waals surface area contributed by atoms with E-state index in [1.54, 1.807) is 4.90 Å². The molecule has 0 aromatic heterocycles. The first-order chi connectivity index (χ1) is 13.9. The van der Waals surface area contributed by atoms with E-state index in [-0.39, 0.29) is 19.4 Å². The molecule has 0 bridgehead atoms. The molecule has 0 aliphatic carbocycles. The number of ether oxygens (including phenoxy) is 2. The summed E-state index contributed by atoms with van der Waals surface area (Å²) in [5.41, 5.74) is -2.87. The largest absolute Gasteiger partial charge is 0.449 e. The number of urea groups is 1. The van der Waals surface area contributed by atoms with Crippen LogP contribution in [-0.4, -0.2) is 63.8 Å². The van der Waals surface area contributed by atoms with Gasteiger partial charge in [0.05, 0.1) is 13.2 Å². The molecule has 2 rings (SSSR count). The highest BCUT2D eigenvalue weighted by Crippen LogP contribution is 2.46. The number of amides is 5. The molecule has 0 radical (unpaired) electrons. The number of unbranched alkanes of at least 4 members (excludes halogenated alkanes) is 2. The highest BCUT2D eigenvalue weighted by molar-refractivity contribution is 6.17. The van der Waals surface area contributed by atoms with E-state index < -0.39 is 40.7 Å². The minimum atomic E-state index is -1.28. The Balaban J connectivity index is 2.24. The van der Waals surface area contributed by atoms with Gasteiger partial charge in [0, 0.05) is 23.9 Å². The van der Waals surface area contributed by atoms with E-state index in [0.717, 1.165) is 19.3 Å². The van der Waals surface area contributed by atoms with E-state index in [1.807, 2.05) is 41.5 Å². The number of nitrogens with zero attached hydrogens (tertiary/aromatic N) is 2. The van der Waals surface area contributed by atoms with Crippen molar-refractivity contribution in [3.8, 4) is 0 Å². The fourth-order valence-electron chi connectivity index (χ4n) is 4.77. The summed E-state index contributed by atoms with van der Waals surface area (Å²) < 4.78 is 10.5. The predicted octanol–water partition coefficient (Wildman–Crippen LogP) is 3.80. The second-order valence-corrected chi connectivity index (χ2v) is 9.40. The molecule has 2 aliphatic heterocycles. The van der Waals surface area contributed by atoms with Gasteiger partial charge in [0.15, 0.2) is 0 Å². The second-order valence-electron chi connectivity index (χ2n) is 9.40. The van der Waals surface area contributed by atoms with Crippen molar-refractivity contribution < 1.29 is 28.7 Å². The van der Waals surface area contributed by atoms with Crippen molar-refractivity contribution in [3.05, 3.63) is 0 Å². The molecule has 1 spiro atoms. The van der Waals surface area contributed by atoms with Crippen molar-refractivity contribution in [2.45, 2.75) is 96.7 Å². The van der Waals surface area contributed by atoms with E-state index in [9.17, 15) is 19.2 Å². The van der Waals surface area contributed by atoms with Crippen LogP contribution in [0.4, 0.5) is 14.4 Å². The number of nitrogens with one attached hydrogen (secondary N) is 1. The molecule has 5 amide bonds. The summed E-state index contributed by atoms with van der Waals surface area (Å²) in [7, 11) is 0. The summed E-state index contributed by atoms with van der Waals surface area (Å²) in [4.78, 5) is 53.1. The van der Waals surface area contributed by atoms with Crippen molar-refractivity contribution in [2.75, 3.05) is 13.2 Å². The SMILES string of the molecule is CCCCOC(=O)N1C(=O)NC2(CC(C)(C)N(C(=O)OCCCC)C(C)(C)C2)C1=O. The molecule has 0 aromatic carbocycles. The van der Waals surface area contributed by atoms with Gasteiger partial charge in [0.1, 0.15) is 5.54 Å². The lowest BCUT2D eigenvalue weighted by molar-refractivity contribution is -0.138. The van der Waals surface area contributed by atoms with Gasteiger partial charge < -0.3 is 14.8 Å². The van der Waals surface area contributed by atoms with Crippen molar-refractivity contribution >= 4 is 24.1 Å². The smallest absolute Gasteiger partial charge is 0.425 e. The number of carbonyl (C=O) groups is 4. The zero-order valence-electron chi connectivity index (χ0n) is 19.0. The fraction of sp³-hybridized carbons (Fsp3) is 0.810. The molecule has 2 fully saturated rings. The van der Waals surface area contributed by atoms with Crippen molar-refractivity contribution in [1.29, 1.82) is 0 Å². The van der Waals surface area contributed by atoms with Crippen molar-refractivity contribution in [1.82, 2.24) is 15.1 Å². The fourth-order valence-corrected chi connectivity index (χ4v) is 4.77. The summed E-state index contributed by atoms with van der Waals surface area (Å²) in [6.07, 6.45) is 2.08. The minimum Gasteiger partial charge on any atom is -0.449 e. The summed E-state index contributed by atoms with van der Waals surface area (Å²) in [6, 6.07) is -0.785. The third-order valence-corrected chi connectivity index (χ3v) is 5.65. The van der Waals surface area contributed by atoms with Gasteiger partial charge in [-0.1, -0.05) is 26.7 Å². The van der Waals surface area contributed by atoms with Crippen LogP contribution in [0.25, 0.3) is 0 Å². The summed E-state index contributed by atoms with van der Waals surface area (Å²) in [5.74, 6) is -0.630. The van der Waals surface area contributed by atoms with Crippen LogP contribution >= 0.6 is 0 Å². The molecule has 0 saturated carbocycles. The Labute approximate surface area is 178 Å². The molecule has 9 nitrogen and oxygen atoms in total. The highest BCUT2D eigenvalue weighted by atomic mass is 16.6.